The molecule has 0 radical (unpaired) electrons. The second kappa shape index (κ2) is 8.41. The molecular formula is C23H22FN3O2. The Labute approximate surface area is 168 Å². The summed E-state index contributed by atoms with van der Waals surface area (Å²) < 4.78 is 19.7. The Balaban J connectivity index is 1.42. The lowest BCUT2D eigenvalue weighted by molar-refractivity contribution is 0.1000. The molecule has 29 heavy (non-hydrogen) atoms. The standard InChI is InChI=1S/C23H22FN3O2/c24-20-13-17(23(25)28)7-10-22(20)29-19-8-5-16(6-9-19)15-27-12-2-4-21(27)18-3-1-11-26-14-18/h1,3,5-11,13-14,21H,2,4,12,15H2,(H2,25,28)/t21-/m0/s1/i24-1. The van der Waals surface area contributed by atoms with E-state index in [-0.39, 0.29) is 11.3 Å². The van der Waals surface area contributed by atoms with Crippen LogP contribution in [0.5, 0.6) is 11.5 Å². The van der Waals surface area contributed by atoms with Gasteiger partial charge in [0.2, 0.25) is 5.91 Å². The normalized spacial score (nSPS) is 16.7. The third-order valence-corrected chi connectivity index (χ3v) is 5.19. The van der Waals surface area contributed by atoms with E-state index in [1.165, 1.54) is 24.1 Å². The summed E-state index contributed by atoms with van der Waals surface area (Å²) in [6.07, 6.45) is 6.04. The summed E-state index contributed by atoms with van der Waals surface area (Å²) in [5.41, 5.74) is 7.69. The number of pyridine rings is 1. The van der Waals surface area contributed by atoms with Gasteiger partial charge in [-0.1, -0.05) is 18.2 Å². The molecular weight excluding hydrogens is 368 g/mol. The van der Waals surface area contributed by atoms with Crippen molar-refractivity contribution in [3.63, 3.8) is 0 Å². The molecule has 1 aliphatic heterocycles. The van der Waals surface area contributed by atoms with E-state index in [1.807, 2.05) is 36.5 Å². The summed E-state index contributed by atoms with van der Waals surface area (Å²) in [6, 6.07) is 16.1. The van der Waals surface area contributed by atoms with E-state index in [1.54, 1.807) is 6.20 Å². The molecule has 6 heteroatoms. The van der Waals surface area contributed by atoms with Crippen LogP contribution in [0.15, 0.2) is 67.0 Å². The highest BCUT2D eigenvalue weighted by Gasteiger charge is 2.26. The Kier molecular flexibility index (Phi) is 5.53. The summed E-state index contributed by atoms with van der Waals surface area (Å²) in [6.45, 7) is 1.89. The molecule has 0 aliphatic carbocycles. The van der Waals surface area contributed by atoms with Gasteiger partial charge in [0, 0.05) is 30.5 Å². The number of hydrogen-bond acceptors (Lipinski definition) is 4. The van der Waals surface area contributed by atoms with Gasteiger partial charge >= 0.3 is 0 Å². The number of ether oxygens (including phenoxy) is 1. The number of benzene rings is 2. The second-order valence-corrected chi connectivity index (χ2v) is 7.17. The van der Waals surface area contributed by atoms with Crippen molar-refractivity contribution in [2.75, 3.05) is 6.54 Å². The van der Waals surface area contributed by atoms with Gasteiger partial charge in [-0.25, -0.2) is 4.39 Å². The number of rotatable bonds is 6. The van der Waals surface area contributed by atoms with Crippen LogP contribution < -0.4 is 10.5 Å². The molecule has 4 rings (SSSR count). The maximum Gasteiger partial charge on any atom is 0.248 e. The van der Waals surface area contributed by atoms with Crippen LogP contribution in [0.25, 0.3) is 0 Å². The Morgan fingerprint density at radius 2 is 2.03 bits per heavy atom. The maximum atomic E-state index is 14.1. The summed E-state index contributed by atoms with van der Waals surface area (Å²) in [5.74, 6) is -0.711. The largest absolute Gasteiger partial charge is 0.454 e. The molecule has 2 heterocycles. The predicted molar refractivity (Wildman–Crippen MR) is 108 cm³/mol. The fourth-order valence-electron chi connectivity index (χ4n) is 3.73. The lowest BCUT2D eigenvalue weighted by Gasteiger charge is -2.24. The number of aromatic nitrogens is 1. The highest BCUT2D eigenvalue weighted by atomic mass is 18.2. The summed E-state index contributed by atoms with van der Waals surface area (Å²) in [5, 5.41) is 0. The Bertz CT molecular complexity index is 993. The molecule has 0 saturated carbocycles. The van der Waals surface area contributed by atoms with Gasteiger partial charge < -0.3 is 10.5 Å². The van der Waals surface area contributed by atoms with Crippen molar-refractivity contribution >= 4 is 5.91 Å². The van der Waals surface area contributed by atoms with Crippen LogP contribution in [0.2, 0.25) is 0 Å². The number of hydrogen-bond donors (Lipinski definition) is 1. The van der Waals surface area contributed by atoms with Crippen molar-refractivity contribution in [2.45, 2.75) is 25.4 Å². The number of carbonyl (C=O) groups is 1. The molecule has 2 N–H and O–H groups in total. The van der Waals surface area contributed by atoms with E-state index >= 15 is 0 Å². The number of likely N-dealkylation sites (tertiary alicyclic amines) is 1. The zero-order chi connectivity index (χ0) is 20.2. The van der Waals surface area contributed by atoms with Crippen LogP contribution in [0.1, 0.15) is 40.4 Å². The number of amides is 1. The van der Waals surface area contributed by atoms with Gasteiger partial charge in [0.05, 0.1) is 0 Å². The maximum absolute atomic E-state index is 14.1. The minimum Gasteiger partial charge on any atom is -0.454 e. The molecule has 3 aromatic rings. The van der Waals surface area contributed by atoms with Crippen molar-refractivity contribution in [2.24, 2.45) is 5.73 Å². The van der Waals surface area contributed by atoms with E-state index in [0.717, 1.165) is 31.1 Å². The Morgan fingerprint density at radius 3 is 2.72 bits per heavy atom. The van der Waals surface area contributed by atoms with Crippen molar-refractivity contribution in [1.82, 2.24) is 9.88 Å². The van der Waals surface area contributed by atoms with Crippen LogP contribution in [-0.4, -0.2) is 22.3 Å². The molecule has 2 aromatic carbocycles. The summed E-state index contributed by atoms with van der Waals surface area (Å²) in [4.78, 5) is 17.8. The number of nitrogens with two attached hydrogens (primary N) is 1. The first-order chi connectivity index (χ1) is 14.1. The van der Waals surface area contributed by atoms with Crippen molar-refractivity contribution < 1.29 is 13.9 Å². The molecule has 1 fully saturated rings. The first-order valence-corrected chi connectivity index (χ1v) is 9.60. The van der Waals surface area contributed by atoms with Crippen LogP contribution in [-0.2, 0) is 6.54 Å². The molecule has 148 valence electrons. The SMILES string of the molecule is NC(=O)c1ccc(Oc2ccc(CN3CCC[C@H]3c3cccnc3)cc2)c([18F])c1. The van der Waals surface area contributed by atoms with Crippen LogP contribution in [0, 0.1) is 5.82 Å². The molecule has 1 amide bonds. The van der Waals surface area contributed by atoms with Crippen LogP contribution in [0.4, 0.5) is 4.39 Å². The zero-order valence-electron chi connectivity index (χ0n) is 15.9. The highest BCUT2D eigenvalue weighted by Crippen LogP contribution is 2.33. The van der Waals surface area contributed by atoms with Gasteiger partial charge in [-0.2, -0.15) is 0 Å². The summed E-state index contributed by atoms with van der Waals surface area (Å²) >= 11 is 0. The van der Waals surface area contributed by atoms with Crippen molar-refractivity contribution in [1.29, 1.82) is 0 Å². The molecule has 0 unspecified atom stereocenters. The lowest BCUT2D eigenvalue weighted by Crippen LogP contribution is -2.22. The minimum atomic E-state index is -0.675. The quantitative estimate of drug-likeness (QED) is 0.675. The highest BCUT2D eigenvalue weighted by molar-refractivity contribution is 5.92. The van der Waals surface area contributed by atoms with Crippen molar-refractivity contribution in [3.05, 3.63) is 89.5 Å². The Morgan fingerprint density at radius 1 is 1.21 bits per heavy atom. The molecule has 5 nitrogen and oxygen atoms in total. The number of halogens is 1. The van der Waals surface area contributed by atoms with Gasteiger partial charge in [-0.15, -0.1) is 0 Å². The number of nitrogens with zero attached hydrogens (tertiary/aromatic N) is 2. The predicted octanol–water partition coefficient (Wildman–Crippen LogP) is 4.45. The van der Waals surface area contributed by atoms with Crippen LogP contribution in [0.3, 0.4) is 0 Å². The molecule has 1 aromatic heterocycles. The molecule has 1 aliphatic rings. The van der Waals surface area contributed by atoms with Gasteiger partial charge in [-0.3, -0.25) is 14.7 Å². The lowest BCUT2D eigenvalue weighted by atomic mass is 10.1. The molecule has 1 saturated heterocycles. The van der Waals surface area contributed by atoms with E-state index in [0.29, 0.717) is 11.8 Å². The van der Waals surface area contributed by atoms with E-state index in [4.69, 9.17) is 10.5 Å². The smallest absolute Gasteiger partial charge is 0.248 e. The monoisotopic (exact) mass is 390 g/mol. The van der Waals surface area contributed by atoms with Gasteiger partial charge in [-0.05, 0) is 66.9 Å². The van der Waals surface area contributed by atoms with Crippen LogP contribution >= 0.6 is 0 Å². The fraction of sp³-hybridized carbons (Fsp3) is 0.217. The average molecular weight is 390 g/mol. The van der Waals surface area contributed by atoms with Gasteiger partial charge in [0.25, 0.3) is 0 Å². The van der Waals surface area contributed by atoms with Gasteiger partial charge in [0.1, 0.15) is 5.75 Å². The first kappa shape index (κ1) is 19.1. The summed E-state index contributed by atoms with van der Waals surface area (Å²) in [7, 11) is 0. The van der Waals surface area contributed by atoms with Gasteiger partial charge in [0.15, 0.2) is 11.6 Å². The zero-order valence-corrected chi connectivity index (χ0v) is 15.9. The minimum absolute atomic E-state index is 0.0546. The van der Waals surface area contributed by atoms with E-state index in [9.17, 15) is 9.18 Å². The molecule has 1 atom stereocenters. The Hall–Kier alpha value is -3.25. The first-order valence-electron chi connectivity index (χ1n) is 9.60. The van der Waals surface area contributed by atoms with Crippen molar-refractivity contribution in [3.8, 4) is 11.5 Å². The van der Waals surface area contributed by atoms with E-state index < -0.39 is 11.7 Å². The number of primary amides is 1. The third kappa shape index (κ3) is 4.43. The topological polar surface area (TPSA) is 68.5 Å². The number of carbonyl (C=O) groups excluding carboxylic acids is 1. The third-order valence-electron chi connectivity index (χ3n) is 5.19. The van der Waals surface area contributed by atoms with E-state index in [2.05, 4.69) is 16.0 Å². The molecule has 0 spiro atoms. The fourth-order valence-corrected chi connectivity index (χ4v) is 3.73. The molecule has 0 bridgehead atoms. The second-order valence-electron chi connectivity index (χ2n) is 7.17. The average Bonchev–Trinajstić information content (AvgIpc) is 3.19.